The largest absolute Gasteiger partial charge is 0.459 e. The number of amides is 5. The Bertz CT molecular complexity index is 5340. The summed E-state index contributed by atoms with van der Waals surface area (Å²) >= 11 is 0. The van der Waals surface area contributed by atoms with E-state index in [-0.39, 0.29) is 52.9 Å². The lowest BCUT2D eigenvalue weighted by Gasteiger charge is -2.28. The molecule has 12 rings (SSSR count). The number of hydrogen-bond acceptors (Lipinski definition) is 18. The number of carbonyl (C=O) groups excluding carboxylic acids is 4. The van der Waals surface area contributed by atoms with E-state index in [1.807, 2.05) is 148 Å². The maximum atomic E-state index is 12.7. The zero-order valence-corrected chi connectivity index (χ0v) is 62.9. The van der Waals surface area contributed by atoms with E-state index in [0.717, 1.165) is 86.3 Å². The summed E-state index contributed by atoms with van der Waals surface area (Å²) in [7, 11) is 0. The standard InChI is InChI=1S/C24H26N10O.C23H27N7O.C19H18N4O2.C16H18N4O2/c1-15(31-33-22(25)26)16-7-11-19(12-8-16)29-24(35)30-20-13-9-18(10-14-20)21(32-34-23(27)28)17-5-3-2-4-6-17;1-15(28-29-23(24)25)16-5-10-20-17(13-16)14-21(27-20)22(31)26-18-6-8-19(9-7-18)30-11-3-2-4-12-30;1-12(22-23-13(2)20)14-7-9-16(10-8-14)21-19(24)18-11-15-5-3-4-6-17(15)25-18;1-3-14(20-19-11(2)17)12-6-8-13(9-7-12)18-16(21)15-5-4-10-22-15/h2-14H,1H3,(H4,25,26,33)(H4,27,28,34)(H2,29,30,35);5-10,13-14,27H,2-4,11-12H2,1H3,(H,26,31)(H4,24,25,29);3-11H,1-2H3,(H2,20,23)(H,21,24);4-10,19H,2-3,17H2,1H3,(H,18,21)/b31-15+,32-21+;28-15+;22-12+;20-14+. The molecule has 0 unspecified atom stereocenters. The second kappa shape index (κ2) is 40.5. The predicted octanol–water partition coefficient (Wildman–Crippen LogP) is 12.2. The summed E-state index contributed by atoms with van der Waals surface area (Å²) in [5, 5.41) is 51.1. The quantitative estimate of drug-likeness (QED) is 0.0170. The summed E-state index contributed by atoms with van der Waals surface area (Å²) < 4.78 is 10.6. The molecule has 578 valence electrons. The molecule has 23 N–H and O–H groups in total. The number of anilines is 6. The predicted molar refractivity (Wildman–Crippen MR) is 455 cm³/mol. The molecule has 1 saturated heterocycles. The number of hydrogen-bond donors (Lipinski definition) is 15. The lowest BCUT2D eigenvalue weighted by Crippen LogP contribution is -2.29. The van der Waals surface area contributed by atoms with Crippen LogP contribution in [0.3, 0.4) is 0 Å². The number of urea groups is 1. The molecule has 0 spiro atoms. The van der Waals surface area contributed by atoms with Crippen LogP contribution in [0.5, 0.6) is 0 Å². The molecule has 1 fully saturated rings. The number of H-pyrrole nitrogens is 1. The Morgan fingerprint density at radius 3 is 1.43 bits per heavy atom. The molecule has 0 bridgehead atoms. The van der Waals surface area contributed by atoms with E-state index in [0.29, 0.717) is 57.0 Å². The number of aromatic amines is 1. The maximum Gasteiger partial charge on any atom is 0.323 e. The van der Waals surface area contributed by atoms with Gasteiger partial charge in [-0.25, -0.2) is 4.79 Å². The topological polar surface area (TPSA) is 505 Å². The molecular formula is C82H89N25O6. The summed E-state index contributed by atoms with van der Waals surface area (Å²) in [5.41, 5.74) is 60.8. The van der Waals surface area contributed by atoms with Gasteiger partial charge in [-0.1, -0.05) is 117 Å². The van der Waals surface area contributed by atoms with Crippen molar-refractivity contribution in [3.8, 4) is 0 Å². The second-order valence-electron chi connectivity index (χ2n) is 25.2. The first-order valence-corrected chi connectivity index (χ1v) is 35.5. The minimum Gasteiger partial charge on any atom is -0.459 e. The van der Waals surface area contributed by atoms with Crippen molar-refractivity contribution < 1.29 is 28.0 Å². The number of carbonyl (C=O) groups is 4. The highest BCUT2D eigenvalue weighted by atomic mass is 16.3. The number of guanidine groups is 3. The van der Waals surface area contributed by atoms with Crippen LogP contribution in [-0.2, 0) is 0 Å². The Kier molecular flexibility index (Phi) is 29.3. The second-order valence-corrected chi connectivity index (χ2v) is 25.2. The Labute approximate surface area is 651 Å². The van der Waals surface area contributed by atoms with Crippen LogP contribution in [0.25, 0.3) is 21.9 Å². The zero-order valence-electron chi connectivity index (χ0n) is 62.9. The molecule has 113 heavy (non-hydrogen) atoms. The van der Waals surface area contributed by atoms with Crippen molar-refractivity contribution in [3.05, 3.63) is 288 Å². The fraction of sp³-hybridized carbons (Fsp3) is 0.134. The third-order valence-electron chi connectivity index (χ3n) is 16.5. The van der Waals surface area contributed by atoms with E-state index >= 15 is 0 Å². The van der Waals surface area contributed by atoms with Crippen LogP contribution < -0.4 is 82.8 Å². The Morgan fingerprint density at radius 1 is 0.442 bits per heavy atom. The number of piperidine rings is 1. The average Bonchev–Trinajstić information content (AvgIpc) is 1.68. The molecule has 3 aromatic heterocycles. The van der Waals surface area contributed by atoms with Crippen molar-refractivity contribution in [3.63, 3.8) is 0 Å². The molecule has 4 heterocycles. The van der Waals surface area contributed by atoms with Gasteiger partial charge in [0.2, 0.25) is 17.9 Å². The highest BCUT2D eigenvalue weighted by Crippen LogP contribution is 2.26. The number of nitrogens with two attached hydrogens (primary N) is 8. The van der Waals surface area contributed by atoms with Gasteiger partial charge in [0, 0.05) is 74.6 Å². The summed E-state index contributed by atoms with van der Waals surface area (Å²) in [4.78, 5) is 54.9. The number of nitrogens with zero attached hydrogens (tertiary/aromatic N) is 10. The smallest absolute Gasteiger partial charge is 0.323 e. The molecular weight excluding hydrogens is 1430 g/mol. The summed E-state index contributed by atoms with van der Waals surface area (Å²) in [6, 6.07) is 66.1. The highest BCUT2D eigenvalue weighted by molar-refractivity contribution is 6.14. The fourth-order valence-corrected chi connectivity index (χ4v) is 10.9. The number of rotatable bonds is 22. The van der Waals surface area contributed by atoms with Crippen LogP contribution in [0.1, 0.15) is 125 Å². The third kappa shape index (κ3) is 25.4. The van der Waals surface area contributed by atoms with Gasteiger partial charge in [-0.05, 0) is 191 Å². The van der Waals surface area contributed by atoms with E-state index in [1.54, 1.807) is 92.7 Å². The molecule has 0 radical (unpaired) electrons. The van der Waals surface area contributed by atoms with Crippen LogP contribution in [0.4, 0.5) is 38.9 Å². The number of nitrogens with one attached hydrogen (secondary N) is 7. The van der Waals surface area contributed by atoms with Crippen molar-refractivity contribution in [2.24, 2.45) is 91.8 Å². The number of amidine groups is 1. The fourth-order valence-electron chi connectivity index (χ4n) is 10.9. The van der Waals surface area contributed by atoms with Gasteiger partial charge in [-0.2, -0.15) is 20.4 Å². The van der Waals surface area contributed by atoms with Crippen molar-refractivity contribution in [1.29, 1.82) is 0 Å². The van der Waals surface area contributed by atoms with Crippen LogP contribution in [0.2, 0.25) is 0 Å². The van der Waals surface area contributed by atoms with E-state index in [2.05, 4.69) is 107 Å². The molecule has 5 amide bonds. The lowest BCUT2D eigenvalue weighted by atomic mass is 10.0. The monoisotopic (exact) mass is 1520 g/mol. The number of furan rings is 2. The SMILES string of the molecule is C/C(=N\N=C(N)N)c1ccc(NC(=O)Nc2ccc(/C(=N/N=C(N)N)c3ccccc3)cc2)cc1.C/C(=N\N=C(N)N)c1ccc2[nH]c(C(=O)Nc3ccc(N4CCCCC4)cc3)cc2c1.C=C(N)N/N=C(\CC)c1ccc(NC(=O)c2ccco2)cc1.CC(N)=N/N=C(\C)c1ccc(NC(=O)c2cc3ccccc3o2)cc1. The molecule has 31 heteroatoms. The van der Waals surface area contributed by atoms with E-state index < -0.39 is 6.03 Å². The highest BCUT2D eigenvalue weighted by Gasteiger charge is 2.17. The molecule has 0 saturated carbocycles. The van der Waals surface area contributed by atoms with Crippen molar-refractivity contribution in [2.45, 2.75) is 60.3 Å². The molecule has 11 aromatic rings. The third-order valence-corrected chi connectivity index (χ3v) is 16.5. The number of hydrazone groups is 1. The normalized spacial score (nSPS) is 12.4. The van der Waals surface area contributed by atoms with E-state index in [9.17, 15) is 19.2 Å². The Hall–Kier alpha value is -15.4. The van der Waals surface area contributed by atoms with Gasteiger partial charge in [-0.3, -0.25) is 19.8 Å². The average molecular weight is 1520 g/mol. The van der Waals surface area contributed by atoms with Crippen molar-refractivity contribution in [2.75, 3.05) is 44.6 Å². The molecule has 8 aromatic carbocycles. The summed E-state index contributed by atoms with van der Waals surface area (Å²) in [6.45, 7) is 14.8. The van der Waals surface area contributed by atoms with Gasteiger partial charge in [0.1, 0.15) is 28.6 Å². The van der Waals surface area contributed by atoms with Gasteiger partial charge < -0.3 is 91.2 Å². The summed E-state index contributed by atoms with van der Waals surface area (Å²) in [6.07, 6.45) is 5.97. The van der Waals surface area contributed by atoms with Gasteiger partial charge in [0.05, 0.1) is 29.1 Å². The molecule has 1 aliphatic rings. The van der Waals surface area contributed by atoms with Gasteiger partial charge in [0.15, 0.2) is 11.5 Å². The number of fused-ring (bicyclic) bond motifs is 2. The minimum atomic E-state index is -0.395. The molecule has 31 nitrogen and oxygen atoms in total. The maximum absolute atomic E-state index is 12.7. The summed E-state index contributed by atoms with van der Waals surface area (Å²) in [5.74, 6) is 0.103. The number of aromatic nitrogens is 1. The van der Waals surface area contributed by atoms with Crippen LogP contribution in [-0.4, -0.2) is 94.1 Å². The van der Waals surface area contributed by atoms with Crippen molar-refractivity contribution in [1.82, 2.24) is 10.4 Å². The van der Waals surface area contributed by atoms with Crippen LogP contribution in [0.15, 0.2) is 292 Å². The first kappa shape index (κ1) is 81.6. The lowest BCUT2D eigenvalue weighted by molar-refractivity contribution is 0.0990. The van der Waals surface area contributed by atoms with Crippen LogP contribution >= 0.6 is 0 Å². The van der Waals surface area contributed by atoms with Crippen LogP contribution in [0, 0.1) is 0 Å². The van der Waals surface area contributed by atoms with Crippen molar-refractivity contribution >= 4 is 132 Å². The minimum absolute atomic E-state index is 0.0926. The van der Waals surface area contributed by atoms with Gasteiger partial charge in [0.25, 0.3) is 17.7 Å². The Balaban J connectivity index is 0.000000175. The number of para-hydroxylation sites is 1. The van der Waals surface area contributed by atoms with Gasteiger partial charge in [-0.15, -0.1) is 25.5 Å². The molecule has 0 atom stereocenters. The van der Waals surface area contributed by atoms with E-state index in [4.69, 9.17) is 54.7 Å². The van der Waals surface area contributed by atoms with E-state index in [1.165, 1.54) is 31.2 Å². The Morgan fingerprint density at radius 2 is 0.912 bits per heavy atom. The number of benzene rings is 8. The first-order valence-electron chi connectivity index (χ1n) is 35.5. The molecule has 1 aliphatic heterocycles. The molecule has 0 aliphatic carbocycles. The zero-order chi connectivity index (χ0) is 80.8. The first-order chi connectivity index (χ1) is 54.4. The van der Waals surface area contributed by atoms with Gasteiger partial charge >= 0.3 is 6.03 Å².